The number of carbonyl (C=O) groups excluding carboxylic acids is 1. The third-order valence-corrected chi connectivity index (χ3v) is 4.54. The lowest BCUT2D eigenvalue weighted by Gasteiger charge is -2.40. The molecule has 0 spiro atoms. The Kier molecular flexibility index (Phi) is 3.52. The zero-order valence-electron chi connectivity index (χ0n) is 12.1. The summed E-state index contributed by atoms with van der Waals surface area (Å²) in [6, 6.07) is 3.98. The number of benzene rings is 1. The predicted octanol–water partition coefficient (Wildman–Crippen LogP) is 1.76. The Labute approximate surface area is 119 Å². The van der Waals surface area contributed by atoms with E-state index in [1.807, 2.05) is 26.0 Å². The number of aryl methyl sites for hydroxylation is 2. The number of piperidine rings is 1. The van der Waals surface area contributed by atoms with E-state index < -0.39 is 6.10 Å². The number of hydrogen-bond acceptors (Lipinski definition) is 4. The van der Waals surface area contributed by atoms with Gasteiger partial charge in [0.25, 0.3) is 0 Å². The molecule has 4 heteroatoms. The molecule has 0 radical (unpaired) electrons. The van der Waals surface area contributed by atoms with Crippen molar-refractivity contribution in [1.82, 2.24) is 4.90 Å². The number of likely N-dealkylation sites (tertiary alicyclic amines) is 1. The van der Waals surface area contributed by atoms with Gasteiger partial charge in [-0.25, -0.2) is 0 Å². The summed E-state index contributed by atoms with van der Waals surface area (Å²) in [7, 11) is 0. The van der Waals surface area contributed by atoms with E-state index in [4.69, 9.17) is 4.74 Å². The number of aliphatic hydroxyl groups is 1. The first-order chi connectivity index (χ1) is 9.56. The van der Waals surface area contributed by atoms with Gasteiger partial charge >= 0.3 is 0 Å². The maximum absolute atomic E-state index is 11.3. The van der Waals surface area contributed by atoms with Crippen molar-refractivity contribution in [3.63, 3.8) is 0 Å². The van der Waals surface area contributed by atoms with Crippen LogP contribution in [-0.4, -0.2) is 41.5 Å². The number of hydrogen-bond donors (Lipinski definition) is 1. The molecule has 0 bridgehead atoms. The van der Waals surface area contributed by atoms with Gasteiger partial charge in [-0.3, -0.25) is 9.69 Å². The van der Waals surface area contributed by atoms with E-state index in [2.05, 4.69) is 4.90 Å². The summed E-state index contributed by atoms with van der Waals surface area (Å²) in [4.78, 5) is 13.5. The van der Waals surface area contributed by atoms with Crippen LogP contribution in [0.2, 0.25) is 0 Å². The molecule has 2 unspecified atom stereocenters. The molecule has 1 saturated heterocycles. The molecule has 3 rings (SSSR count). The summed E-state index contributed by atoms with van der Waals surface area (Å²) in [5.74, 6) is 1.12. The fourth-order valence-electron chi connectivity index (χ4n) is 3.05. The number of nitrogens with zero attached hydrogens (tertiary/aromatic N) is 1. The summed E-state index contributed by atoms with van der Waals surface area (Å²) >= 11 is 0. The number of carbonyl (C=O) groups is 1. The van der Waals surface area contributed by atoms with Crippen LogP contribution in [0.3, 0.4) is 0 Å². The number of fused-ring (bicyclic) bond motifs is 1. The molecule has 2 aliphatic rings. The number of ketones is 1. The molecule has 4 nitrogen and oxygen atoms in total. The summed E-state index contributed by atoms with van der Waals surface area (Å²) in [5.41, 5.74) is 3.22. The van der Waals surface area contributed by atoms with E-state index in [-0.39, 0.29) is 6.04 Å². The van der Waals surface area contributed by atoms with E-state index in [0.717, 1.165) is 24.4 Å². The highest BCUT2D eigenvalue weighted by Gasteiger charge is 2.35. The molecule has 0 aromatic heterocycles. The van der Waals surface area contributed by atoms with Crippen LogP contribution < -0.4 is 4.74 Å². The molecule has 1 aromatic rings. The van der Waals surface area contributed by atoms with E-state index >= 15 is 0 Å². The number of aliphatic hydroxyl groups excluding tert-OH is 1. The van der Waals surface area contributed by atoms with Crippen molar-refractivity contribution in [2.45, 2.75) is 38.8 Å². The molecule has 20 heavy (non-hydrogen) atoms. The summed E-state index contributed by atoms with van der Waals surface area (Å²) in [6.07, 6.45) is 0.637. The van der Waals surface area contributed by atoms with Gasteiger partial charge in [0.1, 0.15) is 24.2 Å². The fraction of sp³-hybridized carbons (Fsp3) is 0.562. The Morgan fingerprint density at radius 3 is 2.55 bits per heavy atom. The summed E-state index contributed by atoms with van der Waals surface area (Å²) in [6.45, 7) is 6.04. The summed E-state index contributed by atoms with van der Waals surface area (Å²) < 4.78 is 5.84. The topological polar surface area (TPSA) is 49.8 Å². The van der Waals surface area contributed by atoms with Crippen LogP contribution in [0.4, 0.5) is 0 Å². The van der Waals surface area contributed by atoms with Gasteiger partial charge < -0.3 is 9.84 Å². The zero-order chi connectivity index (χ0) is 14.3. The van der Waals surface area contributed by atoms with Crippen molar-refractivity contribution in [3.8, 4) is 5.75 Å². The molecule has 2 heterocycles. The molecule has 2 atom stereocenters. The monoisotopic (exact) mass is 275 g/mol. The minimum atomic E-state index is -0.536. The minimum absolute atomic E-state index is 0.0438. The van der Waals surface area contributed by atoms with E-state index in [9.17, 15) is 9.90 Å². The van der Waals surface area contributed by atoms with Crippen molar-refractivity contribution >= 4 is 5.78 Å². The standard InChI is InChI=1S/C16H21NO3/c1-10-7-13-15(8-11(10)2)20-9-14(16(13)19)17-5-3-12(18)4-6-17/h7-8,14,16,19H,3-6,9H2,1-2H3. The van der Waals surface area contributed by atoms with E-state index in [1.54, 1.807) is 0 Å². The molecule has 108 valence electrons. The highest BCUT2D eigenvalue weighted by molar-refractivity contribution is 5.79. The number of rotatable bonds is 1. The second-order valence-electron chi connectivity index (χ2n) is 5.87. The smallest absolute Gasteiger partial charge is 0.135 e. The van der Waals surface area contributed by atoms with Gasteiger partial charge in [-0.1, -0.05) is 0 Å². The lowest BCUT2D eigenvalue weighted by Crippen LogP contribution is -2.49. The maximum atomic E-state index is 11.3. The van der Waals surface area contributed by atoms with Gasteiger partial charge in [-0.2, -0.15) is 0 Å². The van der Waals surface area contributed by atoms with E-state index in [1.165, 1.54) is 11.1 Å². The normalized spacial score (nSPS) is 27.1. The molecule has 0 saturated carbocycles. The van der Waals surface area contributed by atoms with Crippen LogP contribution in [-0.2, 0) is 4.79 Å². The lowest BCUT2D eigenvalue weighted by atomic mass is 9.93. The van der Waals surface area contributed by atoms with Gasteiger partial charge in [0.05, 0.1) is 6.04 Å². The Morgan fingerprint density at radius 1 is 1.20 bits per heavy atom. The second-order valence-corrected chi connectivity index (χ2v) is 5.87. The van der Waals surface area contributed by atoms with Crippen LogP contribution in [0, 0.1) is 13.8 Å². The van der Waals surface area contributed by atoms with Gasteiger partial charge in [0.15, 0.2) is 0 Å². The number of Topliss-reactive ketones (excluding diaryl/α,β-unsaturated/α-hetero) is 1. The van der Waals surface area contributed by atoms with Gasteiger partial charge in [-0.15, -0.1) is 0 Å². The molecular formula is C16H21NO3. The van der Waals surface area contributed by atoms with Crippen molar-refractivity contribution < 1.29 is 14.6 Å². The van der Waals surface area contributed by atoms with Crippen molar-refractivity contribution in [3.05, 3.63) is 28.8 Å². The third-order valence-electron chi connectivity index (χ3n) is 4.54. The quantitative estimate of drug-likeness (QED) is 0.848. The maximum Gasteiger partial charge on any atom is 0.135 e. The SMILES string of the molecule is Cc1cc2c(cc1C)C(O)C(N1CCC(=O)CC1)CO2. The first-order valence-electron chi connectivity index (χ1n) is 7.24. The Bertz CT molecular complexity index is 531. The average molecular weight is 275 g/mol. The third kappa shape index (κ3) is 2.34. The average Bonchev–Trinajstić information content (AvgIpc) is 2.43. The second kappa shape index (κ2) is 5.19. The van der Waals surface area contributed by atoms with Crippen LogP contribution in [0.15, 0.2) is 12.1 Å². The van der Waals surface area contributed by atoms with Crippen LogP contribution in [0.1, 0.15) is 35.6 Å². The lowest BCUT2D eigenvalue weighted by molar-refractivity contribution is -0.123. The largest absolute Gasteiger partial charge is 0.491 e. The Balaban J connectivity index is 1.83. The highest BCUT2D eigenvalue weighted by atomic mass is 16.5. The molecule has 0 amide bonds. The molecule has 1 aromatic carbocycles. The predicted molar refractivity (Wildman–Crippen MR) is 76.0 cm³/mol. The van der Waals surface area contributed by atoms with Crippen LogP contribution in [0.25, 0.3) is 0 Å². The first-order valence-corrected chi connectivity index (χ1v) is 7.24. The fourth-order valence-corrected chi connectivity index (χ4v) is 3.05. The molecule has 1 fully saturated rings. The van der Waals surface area contributed by atoms with Crippen molar-refractivity contribution in [1.29, 1.82) is 0 Å². The Morgan fingerprint density at radius 2 is 1.85 bits per heavy atom. The summed E-state index contributed by atoms with van der Waals surface area (Å²) in [5, 5.41) is 10.6. The van der Waals surface area contributed by atoms with Gasteiger partial charge in [-0.05, 0) is 37.1 Å². The van der Waals surface area contributed by atoms with Gasteiger partial charge in [0.2, 0.25) is 0 Å². The van der Waals surface area contributed by atoms with E-state index in [0.29, 0.717) is 25.2 Å². The van der Waals surface area contributed by atoms with Crippen molar-refractivity contribution in [2.24, 2.45) is 0 Å². The van der Waals surface area contributed by atoms with Crippen molar-refractivity contribution in [2.75, 3.05) is 19.7 Å². The molecule has 1 N–H and O–H groups in total. The Hall–Kier alpha value is -1.39. The first kappa shape index (κ1) is 13.6. The highest BCUT2D eigenvalue weighted by Crippen LogP contribution is 2.36. The van der Waals surface area contributed by atoms with Gasteiger partial charge in [0, 0.05) is 31.5 Å². The van der Waals surface area contributed by atoms with Crippen LogP contribution in [0.5, 0.6) is 5.75 Å². The van der Waals surface area contributed by atoms with Crippen LogP contribution >= 0.6 is 0 Å². The number of ether oxygens (including phenoxy) is 1. The minimum Gasteiger partial charge on any atom is -0.491 e. The molecule has 0 aliphatic carbocycles. The zero-order valence-corrected chi connectivity index (χ0v) is 12.1. The molecular weight excluding hydrogens is 254 g/mol. The molecule has 2 aliphatic heterocycles.